The summed E-state index contributed by atoms with van der Waals surface area (Å²) < 4.78 is 13.2. The number of aromatic nitrogens is 2. The molecule has 0 aliphatic rings. The van der Waals surface area contributed by atoms with Crippen molar-refractivity contribution < 1.29 is 14.6 Å². The lowest BCUT2D eigenvalue weighted by molar-refractivity contribution is 0.104. The fourth-order valence-electron chi connectivity index (χ4n) is 3.35. The highest BCUT2D eigenvalue weighted by atomic mass is 16.5. The van der Waals surface area contributed by atoms with Crippen LogP contribution >= 0.6 is 0 Å². The second-order valence-corrected chi connectivity index (χ2v) is 7.20. The van der Waals surface area contributed by atoms with E-state index in [9.17, 15) is 5.11 Å². The third-order valence-electron chi connectivity index (χ3n) is 4.93. The van der Waals surface area contributed by atoms with Crippen LogP contribution in [0, 0.1) is 13.8 Å². The number of aliphatic hydroxyl groups excluding tert-OH is 1. The molecule has 0 saturated carbocycles. The minimum atomic E-state index is -0.664. The molecule has 2 atom stereocenters. The van der Waals surface area contributed by atoms with E-state index in [4.69, 9.17) is 9.47 Å². The van der Waals surface area contributed by atoms with E-state index in [-0.39, 0.29) is 12.6 Å². The lowest BCUT2D eigenvalue weighted by Gasteiger charge is -2.22. The van der Waals surface area contributed by atoms with E-state index < -0.39 is 6.10 Å². The summed E-state index contributed by atoms with van der Waals surface area (Å²) >= 11 is 0. The molecule has 29 heavy (non-hydrogen) atoms. The van der Waals surface area contributed by atoms with Crippen molar-refractivity contribution in [3.63, 3.8) is 0 Å². The zero-order chi connectivity index (χ0) is 20.8. The number of aryl methyl sites for hydroxylation is 3. The van der Waals surface area contributed by atoms with Crippen LogP contribution in [-0.2, 0) is 7.05 Å². The molecule has 0 aliphatic carbocycles. The van der Waals surface area contributed by atoms with Crippen LogP contribution in [-0.4, -0.2) is 41.0 Å². The van der Waals surface area contributed by atoms with Crippen molar-refractivity contribution in [3.05, 3.63) is 77.4 Å². The summed E-state index contributed by atoms with van der Waals surface area (Å²) in [5, 5.41) is 13.9. The van der Waals surface area contributed by atoms with Gasteiger partial charge in [-0.2, -0.15) is 0 Å². The van der Waals surface area contributed by atoms with Crippen LogP contribution in [0.5, 0.6) is 11.5 Å². The maximum atomic E-state index is 10.5. The summed E-state index contributed by atoms with van der Waals surface area (Å²) in [7, 11) is 3.61. The molecule has 0 amide bonds. The molecule has 6 heteroatoms. The van der Waals surface area contributed by atoms with Crippen LogP contribution < -0.4 is 14.8 Å². The predicted molar refractivity (Wildman–Crippen MR) is 113 cm³/mol. The summed E-state index contributed by atoms with van der Waals surface area (Å²) in [6.07, 6.45) is 3.01. The van der Waals surface area contributed by atoms with Crippen LogP contribution in [0.4, 0.5) is 0 Å². The third-order valence-corrected chi connectivity index (χ3v) is 4.93. The normalized spacial score (nSPS) is 13.1. The Kier molecular flexibility index (Phi) is 6.90. The number of aliphatic hydroxyl groups is 1. The molecule has 1 heterocycles. The first-order chi connectivity index (χ1) is 14.0. The topological polar surface area (TPSA) is 68.5 Å². The molecular weight excluding hydrogens is 366 g/mol. The monoisotopic (exact) mass is 395 g/mol. The van der Waals surface area contributed by atoms with Gasteiger partial charge < -0.3 is 24.5 Å². The van der Waals surface area contributed by atoms with Crippen LogP contribution in [0.1, 0.15) is 28.6 Å². The van der Waals surface area contributed by atoms with Crippen molar-refractivity contribution in [1.82, 2.24) is 14.9 Å². The average molecular weight is 396 g/mol. The predicted octanol–water partition coefficient (Wildman–Crippen LogP) is 3.16. The highest BCUT2D eigenvalue weighted by Crippen LogP contribution is 2.25. The smallest absolute Gasteiger partial charge is 0.130 e. The van der Waals surface area contributed by atoms with Gasteiger partial charge in [0.15, 0.2) is 0 Å². The first kappa shape index (κ1) is 20.9. The number of imidazole rings is 1. The highest BCUT2D eigenvalue weighted by molar-refractivity contribution is 5.39. The zero-order valence-corrected chi connectivity index (χ0v) is 17.4. The molecule has 1 aromatic heterocycles. The average Bonchev–Trinajstić information content (AvgIpc) is 3.13. The molecule has 0 aliphatic heterocycles. The maximum Gasteiger partial charge on any atom is 0.130 e. The van der Waals surface area contributed by atoms with Gasteiger partial charge >= 0.3 is 0 Å². The second kappa shape index (κ2) is 9.58. The van der Waals surface area contributed by atoms with Crippen molar-refractivity contribution >= 4 is 0 Å². The van der Waals surface area contributed by atoms with E-state index in [2.05, 4.69) is 10.3 Å². The van der Waals surface area contributed by atoms with Crippen LogP contribution in [0.25, 0.3) is 0 Å². The summed E-state index contributed by atoms with van der Waals surface area (Å²) in [4.78, 5) is 4.49. The number of nitrogens with one attached hydrogen (secondary N) is 1. The molecule has 0 spiro atoms. The van der Waals surface area contributed by atoms with Crippen LogP contribution in [0.2, 0.25) is 0 Å². The van der Waals surface area contributed by atoms with Crippen LogP contribution in [0.3, 0.4) is 0 Å². The first-order valence-corrected chi connectivity index (χ1v) is 9.71. The zero-order valence-electron chi connectivity index (χ0n) is 17.4. The van der Waals surface area contributed by atoms with Gasteiger partial charge in [0.05, 0.1) is 13.2 Å². The summed E-state index contributed by atoms with van der Waals surface area (Å²) in [5.41, 5.74) is 3.14. The standard InChI is InChI=1S/C23H29N3O3/c1-16-7-5-8-17(2)22(16)29-15-19(27)14-25-21(23-24-11-12-26(23)3)18-9-6-10-20(13-18)28-4/h5-13,19,21,25,27H,14-15H2,1-4H3. The van der Waals surface area contributed by atoms with Crippen molar-refractivity contribution in [1.29, 1.82) is 0 Å². The van der Waals surface area contributed by atoms with Gasteiger partial charge in [0.2, 0.25) is 0 Å². The number of methoxy groups -OCH3 is 1. The number of hydrogen-bond acceptors (Lipinski definition) is 5. The Morgan fingerprint density at radius 2 is 1.86 bits per heavy atom. The quantitative estimate of drug-likeness (QED) is 0.583. The number of para-hydroxylation sites is 1. The molecule has 3 rings (SSSR count). The van der Waals surface area contributed by atoms with E-state index in [0.717, 1.165) is 34.0 Å². The van der Waals surface area contributed by atoms with Gasteiger partial charge in [-0.3, -0.25) is 0 Å². The Labute approximate surface area is 172 Å². The highest BCUT2D eigenvalue weighted by Gasteiger charge is 2.20. The summed E-state index contributed by atoms with van der Waals surface area (Å²) in [6.45, 7) is 4.59. The van der Waals surface area contributed by atoms with Crippen molar-refractivity contribution in [3.8, 4) is 11.5 Å². The van der Waals surface area contributed by atoms with E-state index in [1.165, 1.54) is 0 Å². The van der Waals surface area contributed by atoms with Gasteiger partial charge in [-0.15, -0.1) is 0 Å². The van der Waals surface area contributed by atoms with E-state index in [0.29, 0.717) is 6.54 Å². The minimum absolute atomic E-state index is 0.181. The molecule has 0 saturated heterocycles. The summed E-state index contributed by atoms with van der Waals surface area (Å²) in [6, 6.07) is 13.7. The molecule has 0 fully saturated rings. The number of rotatable bonds is 9. The van der Waals surface area contributed by atoms with Gasteiger partial charge in [-0.05, 0) is 42.7 Å². The van der Waals surface area contributed by atoms with Crippen molar-refractivity contribution in [2.45, 2.75) is 26.0 Å². The number of ether oxygens (including phenoxy) is 2. The van der Waals surface area contributed by atoms with Gasteiger partial charge in [0, 0.05) is 26.0 Å². The van der Waals surface area contributed by atoms with E-state index in [1.54, 1.807) is 13.3 Å². The molecule has 154 valence electrons. The molecule has 6 nitrogen and oxygen atoms in total. The minimum Gasteiger partial charge on any atom is -0.497 e. The lowest BCUT2D eigenvalue weighted by atomic mass is 10.1. The Hall–Kier alpha value is -2.83. The molecule has 2 aromatic carbocycles. The maximum absolute atomic E-state index is 10.5. The Morgan fingerprint density at radius 3 is 2.52 bits per heavy atom. The molecule has 0 radical (unpaired) electrons. The third kappa shape index (κ3) is 5.16. The van der Waals surface area contributed by atoms with Gasteiger partial charge in [0.25, 0.3) is 0 Å². The van der Waals surface area contributed by atoms with Crippen LogP contribution in [0.15, 0.2) is 54.9 Å². The fraction of sp³-hybridized carbons (Fsp3) is 0.348. The Bertz CT molecular complexity index is 918. The molecular formula is C23H29N3O3. The molecule has 2 unspecified atom stereocenters. The van der Waals surface area contributed by atoms with Gasteiger partial charge in [-0.25, -0.2) is 4.98 Å². The second-order valence-electron chi connectivity index (χ2n) is 7.20. The number of benzene rings is 2. The van der Waals surface area contributed by atoms with Gasteiger partial charge in [-0.1, -0.05) is 30.3 Å². The molecule has 0 bridgehead atoms. The van der Waals surface area contributed by atoms with Crippen molar-refractivity contribution in [2.24, 2.45) is 7.05 Å². The van der Waals surface area contributed by atoms with E-state index in [1.807, 2.05) is 74.1 Å². The summed E-state index contributed by atoms with van der Waals surface area (Å²) in [5.74, 6) is 2.48. The van der Waals surface area contributed by atoms with Gasteiger partial charge in [0.1, 0.15) is 30.0 Å². The fourth-order valence-corrected chi connectivity index (χ4v) is 3.35. The molecule has 3 aromatic rings. The lowest BCUT2D eigenvalue weighted by Crippen LogP contribution is -2.35. The van der Waals surface area contributed by atoms with Crippen molar-refractivity contribution in [2.75, 3.05) is 20.3 Å². The number of hydrogen-bond donors (Lipinski definition) is 2. The SMILES string of the molecule is COc1cccc(C(NCC(O)COc2c(C)cccc2C)c2nccn2C)c1. The Morgan fingerprint density at radius 1 is 1.14 bits per heavy atom. The van der Waals surface area contributed by atoms with E-state index >= 15 is 0 Å². The number of nitrogens with zero attached hydrogens (tertiary/aromatic N) is 2. The molecule has 2 N–H and O–H groups in total. The Balaban J connectivity index is 1.69. The first-order valence-electron chi connectivity index (χ1n) is 9.71. The largest absolute Gasteiger partial charge is 0.497 e.